The van der Waals surface area contributed by atoms with Gasteiger partial charge in [-0.1, -0.05) is 13.3 Å². The van der Waals surface area contributed by atoms with Crippen molar-refractivity contribution in [3.63, 3.8) is 0 Å². The summed E-state index contributed by atoms with van der Waals surface area (Å²) < 4.78 is 5.18. The number of ether oxygens (including phenoxy) is 1. The molecule has 0 saturated carbocycles. The van der Waals surface area contributed by atoms with Crippen LogP contribution in [0.5, 0.6) is 0 Å². The average Bonchev–Trinajstić information content (AvgIpc) is 2.29. The molecule has 4 nitrogen and oxygen atoms in total. The van der Waals surface area contributed by atoms with E-state index in [9.17, 15) is 9.90 Å². The third kappa shape index (κ3) is 5.39. The average molecular weight is 243 g/mol. The van der Waals surface area contributed by atoms with Gasteiger partial charge in [-0.05, 0) is 38.5 Å². The van der Waals surface area contributed by atoms with Crippen LogP contribution in [0.2, 0.25) is 0 Å². The van der Waals surface area contributed by atoms with Gasteiger partial charge in [0.05, 0.1) is 12.7 Å². The van der Waals surface area contributed by atoms with Crippen LogP contribution >= 0.6 is 0 Å². The topological polar surface area (TPSA) is 49.8 Å². The third-order valence-electron chi connectivity index (χ3n) is 3.27. The van der Waals surface area contributed by atoms with E-state index in [1.807, 2.05) is 6.92 Å². The highest BCUT2D eigenvalue weighted by Gasteiger charge is 2.24. The van der Waals surface area contributed by atoms with E-state index in [2.05, 4.69) is 6.92 Å². The Morgan fingerprint density at radius 2 is 2.12 bits per heavy atom. The molecule has 0 radical (unpaired) electrons. The number of carbonyl (C=O) groups excluding carboxylic acids is 1. The summed E-state index contributed by atoms with van der Waals surface area (Å²) in [5.41, 5.74) is 0. The summed E-state index contributed by atoms with van der Waals surface area (Å²) in [5, 5.41) is 9.32. The minimum atomic E-state index is -0.233. The number of unbranched alkanes of at least 4 members (excludes halogenated alkanes) is 1. The van der Waals surface area contributed by atoms with Crippen molar-refractivity contribution in [1.82, 2.24) is 4.90 Å². The van der Waals surface area contributed by atoms with Gasteiger partial charge in [0.15, 0.2) is 0 Å². The highest BCUT2D eigenvalue weighted by molar-refractivity contribution is 5.67. The first-order chi connectivity index (χ1) is 8.13. The quantitative estimate of drug-likeness (QED) is 0.754. The van der Waals surface area contributed by atoms with Gasteiger partial charge < -0.3 is 14.7 Å². The van der Waals surface area contributed by atoms with E-state index in [1.54, 1.807) is 4.90 Å². The summed E-state index contributed by atoms with van der Waals surface area (Å²) >= 11 is 0. The second-order valence-corrected chi connectivity index (χ2v) is 4.98. The first kappa shape index (κ1) is 14.3. The second-order valence-electron chi connectivity index (χ2n) is 4.98. The van der Waals surface area contributed by atoms with Gasteiger partial charge in [0, 0.05) is 13.1 Å². The summed E-state index contributed by atoms with van der Waals surface area (Å²) in [5.74, 6) is 0.551. The summed E-state index contributed by atoms with van der Waals surface area (Å²) in [6, 6.07) is 0. The molecule has 1 amide bonds. The molecule has 0 spiro atoms. The van der Waals surface area contributed by atoms with E-state index in [-0.39, 0.29) is 12.2 Å². The summed E-state index contributed by atoms with van der Waals surface area (Å²) in [6.45, 7) is 5.97. The number of rotatable bonds is 5. The molecule has 1 unspecified atom stereocenters. The predicted octanol–water partition coefficient (Wildman–Crippen LogP) is 2.41. The molecular weight excluding hydrogens is 218 g/mol. The molecule has 0 aromatic carbocycles. The van der Waals surface area contributed by atoms with E-state index in [4.69, 9.17) is 4.74 Å². The molecule has 1 fully saturated rings. The number of aliphatic hydroxyl groups excluding tert-OH is 1. The number of carbonyl (C=O) groups is 1. The highest BCUT2D eigenvalue weighted by Crippen LogP contribution is 2.22. The summed E-state index contributed by atoms with van der Waals surface area (Å²) in [6.07, 6.45) is 4.38. The maximum Gasteiger partial charge on any atom is 0.409 e. The normalized spacial score (nSPS) is 19.1. The Labute approximate surface area is 104 Å². The summed E-state index contributed by atoms with van der Waals surface area (Å²) in [7, 11) is 0. The van der Waals surface area contributed by atoms with Crippen LogP contribution in [0.1, 0.15) is 46.0 Å². The van der Waals surface area contributed by atoms with Gasteiger partial charge in [0.1, 0.15) is 0 Å². The van der Waals surface area contributed by atoms with Crippen molar-refractivity contribution in [2.75, 3.05) is 19.7 Å². The molecule has 4 heteroatoms. The Morgan fingerprint density at radius 1 is 1.47 bits per heavy atom. The van der Waals surface area contributed by atoms with Crippen molar-refractivity contribution in [2.45, 2.75) is 52.1 Å². The number of hydrogen-bond donors (Lipinski definition) is 1. The number of piperidine rings is 1. The monoisotopic (exact) mass is 243 g/mol. The van der Waals surface area contributed by atoms with Crippen molar-refractivity contribution < 1.29 is 14.6 Å². The second kappa shape index (κ2) is 7.54. The Kier molecular flexibility index (Phi) is 6.34. The van der Waals surface area contributed by atoms with Crippen LogP contribution in [0.3, 0.4) is 0 Å². The number of nitrogens with zero attached hydrogens (tertiary/aromatic N) is 1. The molecule has 1 atom stereocenters. The van der Waals surface area contributed by atoms with E-state index in [0.717, 1.165) is 45.2 Å². The maximum atomic E-state index is 11.7. The minimum Gasteiger partial charge on any atom is -0.449 e. The maximum absolute atomic E-state index is 11.7. The number of aliphatic hydroxyl groups is 1. The molecule has 1 saturated heterocycles. The van der Waals surface area contributed by atoms with Gasteiger partial charge in [0.25, 0.3) is 0 Å². The number of amides is 1. The SMILES string of the molecule is CCCCOC(=O)N1CCC(CC(C)O)CC1. The van der Waals surface area contributed by atoms with Crippen LogP contribution in [0.4, 0.5) is 4.79 Å². The molecule has 0 aliphatic carbocycles. The van der Waals surface area contributed by atoms with Gasteiger partial charge in [-0.2, -0.15) is 0 Å². The molecule has 0 aromatic heterocycles. The number of likely N-dealkylation sites (tertiary alicyclic amines) is 1. The fourth-order valence-electron chi connectivity index (χ4n) is 2.23. The van der Waals surface area contributed by atoms with Crippen LogP contribution in [-0.4, -0.2) is 41.9 Å². The Bertz CT molecular complexity index is 223. The zero-order valence-electron chi connectivity index (χ0n) is 11.0. The Morgan fingerprint density at radius 3 is 2.65 bits per heavy atom. The van der Waals surface area contributed by atoms with Gasteiger partial charge in [0.2, 0.25) is 0 Å². The van der Waals surface area contributed by atoms with Crippen LogP contribution < -0.4 is 0 Å². The Balaban J connectivity index is 2.19. The van der Waals surface area contributed by atoms with Gasteiger partial charge in [-0.25, -0.2) is 4.79 Å². The van der Waals surface area contributed by atoms with Gasteiger partial charge >= 0.3 is 6.09 Å². The molecule has 1 N–H and O–H groups in total. The number of hydrogen-bond acceptors (Lipinski definition) is 3. The van der Waals surface area contributed by atoms with Crippen LogP contribution in [0.25, 0.3) is 0 Å². The van der Waals surface area contributed by atoms with Crippen LogP contribution in [0.15, 0.2) is 0 Å². The van der Waals surface area contributed by atoms with Crippen molar-refractivity contribution >= 4 is 6.09 Å². The first-order valence-corrected chi connectivity index (χ1v) is 6.73. The standard InChI is InChI=1S/C13H25NO3/c1-3-4-9-17-13(16)14-7-5-12(6-8-14)10-11(2)15/h11-12,15H,3-10H2,1-2H3. The molecule has 1 rings (SSSR count). The molecule has 0 aromatic rings. The van der Waals surface area contributed by atoms with Crippen molar-refractivity contribution in [3.05, 3.63) is 0 Å². The van der Waals surface area contributed by atoms with Crippen LogP contribution in [-0.2, 0) is 4.74 Å². The molecule has 17 heavy (non-hydrogen) atoms. The fraction of sp³-hybridized carbons (Fsp3) is 0.923. The lowest BCUT2D eigenvalue weighted by Crippen LogP contribution is -2.39. The molecular formula is C13H25NO3. The molecule has 1 aliphatic heterocycles. The van der Waals surface area contributed by atoms with Crippen LogP contribution in [0, 0.1) is 5.92 Å². The molecule has 1 aliphatic rings. The van der Waals surface area contributed by atoms with E-state index in [1.165, 1.54) is 0 Å². The lowest BCUT2D eigenvalue weighted by atomic mass is 9.92. The molecule has 0 bridgehead atoms. The predicted molar refractivity (Wildman–Crippen MR) is 66.9 cm³/mol. The van der Waals surface area contributed by atoms with Gasteiger partial charge in [-0.15, -0.1) is 0 Å². The van der Waals surface area contributed by atoms with E-state index < -0.39 is 0 Å². The Hall–Kier alpha value is -0.770. The van der Waals surface area contributed by atoms with Crippen molar-refractivity contribution in [2.24, 2.45) is 5.92 Å². The van der Waals surface area contributed by atoms with Gasteiger partial charge in [-0.3, -0.25) is 0 Å². The van der Waals surface area contributed by atoms with E-state index >= 15 is 0 Å². The lowest BCUT2D eigenvalue weighted by molar-refractivity contribution is 0.0780. The van der Waals surface area contributed by atoms with Crippen molar-refractivity contribution in [3.8, 4) is 0 Å². The fourth-order valence-corrected chi connectivity index (χ4v) is 2.23. The largest absolute Gasteiger partial charge is 0.449 e. The highest BCUT2D eigenvalue weighted by atomic mass is 16.6. The van der Waals surface area contributed by atoms with E-state index in [0.29, 0.717) is 12.5 Å². The summed E-state index contributed by atoms with van der Waals surface area (Å²) in [4.78, 5) is 13.4. The smallest absolute Gasteiger partial charge is 0.409 e. The lowest BCUT2D eigenvalue weighted by Gasteiger charge is -2.31. The minimum absolute atomic E-state index is 0.172. The zero-order chi connectivity index (χ0) is 12.7. The third-order valence-corrected chi connectivity index (χ3v) is 3.27. The first-order valence-electron chi connectivity index (χ1n) is 6.73. The van der Waals surface area contributed by atoms with Crippen molar-refractivity contribution in [1.29, 1.82) is 0 Å². The zero-order valence-corrected chi connectivity index (χ0v) is 11.0. The molecule has 1 heterocycles. The molecule has 100 valence electrons.